The minimum absolute atomic E-state index is 0.0144. The van der Waals surface area contributed by atoms with Crippen LogP contribution >= 0.6 is 0 Å². The van der Waals surface area contributed by atoms with Crippen LogP contribution in [0.3, 0.4) is 0 Å². The lowest BCUT2D eigenvalue weighted by atomic mass is 9.99. The molecular weight excluding hydrogens is 310 g/mol. The largest absolute Gasteiger partial charge is 0.381 e. The maximum Gasteiger partial charge on any atom is 0.272 e. The third-order valence-corrected chi connectivity index (χ3v) is 4.56. The number of carbonyl (C=O) groups is 1. The molecule has 8 nitrogen and oxygen atoms in total. The number of carbonyl (C=O) groups excluding carboxylic acids is 1. The third-order valence-electron chi connectivity index (χ3n) is 4.56. The van der Waals surface area contributed by atoms with Crippen molar-refractivity contribution in [2.24, 2.45) is 13.0 Å². The van der Waals surface area contributed by atoms with Crippen molar-refractivity contribution in [3.8, 4) is 0 Å². The van der Waals surface area contributed by atoms with Gasteiger partial charge in [0.2, 0.25) is 5.89 Å². The summed E-state index contributed by atoms with van der Waals surface area (Å²) in [5.74, 6) is 2.16. The van der Waals surface area contributed by atoms with Crippen molar-refractivity contribution in [1.82, 2.24) is 24.8 Å². The van der Waals surface area contributed by atoms with Crippen LogP contribution in [0.15, 0.2) is 16.8 Å². The van der Waals surface area contributed by atoms with Gasteiger partial charge in [0.1, 0.15) is 5.69 Å². The number of likely N-dealkylation sites (tertiary alicyclic amines) is 1. The summed E-state index contributed by atoms with van der Waals surface area (Å²) in [4.78, 5) is 18.5. The van der Waals surface area contributed by atoms with Crippen molar-refractivity contribution in [2.75, 3.05) is 26.3 Å². The average Bonchev–Trinajstić information content (AvgIpc) is 3.06. The molecule has 2 aliphatic rings. The Morgan fingerprint density at radius 1 is 1.42 bits per heavy atom. The highest BCUT2D eigenvalue weighted by atomic mass is 16.5. The summed E-state index contributed by atoms with van der Waals surface area (Å²) in [5.41, 5.74) is 0.590. The predicted octanol–water partition coefficient (Wildman–Crippen LogP) is 1.01. The molecule has 0 radical (unpaired) electrons. The van der Waals surface area contributed by atoms with E-state index in [9.17, 15) is 4.79 Å². The standard InChI is InChI=1S/C16H21N5O3/c1-20-13(4-6-17-20)16(22)21-8-12(9-21)15-18-14(19-24-15)5-7-23-10-11-2-3-11/h4,6,11-12H,2-3,5,7-10H2,1H3. The van der Waals surface area contributed by atoms with Crippen LogP contribution in [0.1, 0.15) is 41.0 Å². The molecule has 0 bridgehead atoms. The van der Waals surface area contributed by atoms with Crippen molar-refractivity contribution < 1.29 is 14.1 Å². The number of ether oxygens (including phenoxy) is 1. The van der Waals surface area contributed by atoms with E-state index in [-0.39, 0.29) is 11.8 Å². The second-order valence-electron chi connectivity index (χ2n) is 6.56. The zero-order chi connectivity index (χ0) is 16.5. The highest BCUT2D eigenvalue weighted by Crippen LogP contribution is 2.29. The lowest BCUT2D eigenvalue weighted by Gasteiger charge is -2.36. The Morgan fingerprint density at radius 2 is 2.25 bits per heavy atom. The molecule has 1 aliphatic carbocycles. The molecule has 128 valence electrons. The van der Waals surface area contributed by atoms with Crippen LogP contribution in [-0.4, -0.2) is 57.0 Å². The molecular formula is C16H21N5O3. The minimum atomic E-state index is -0.0144. The fourth-order valence-corrected chi connectivity index (χ4v) is 2.78. The summed E-state index contributed by atoms with van der Waals surface area (Å²) in [6, 6.07) is 1.72. The monoisotopic (exact) mass is 331 g/mol. The van der Waals surface area contributed by atoms with Gasteiger partial charge in [-0.3, -0.25) is 9.48 Å². The van der Waals surface area contributed by atoms with E-state index in [4.69, 9.17) is 9.26 Å². The molecule has 24 heavy (non-hydrogen) atoms. The van der Waals surface area contributed by atoms with Gasteiger partial charge in [0.15, 0.2) is 5.82 Å². The van der Waals surface area contributed by atoms with Gasteiger partial charge in [0.05, 0.1) is 12.5 Å². The highest BCUT2D eigenvalue weighted by Gasteiger charge is 2.36. The molecule has 1 saturated carbocycles. The SMILES string of the molecule is Cn1nccc1C(=O)N1CC(c2nc(CCOCC3CC3)no2)C1. The number of nitrogens with zero attached hydrogens (tertiary/aromatic N) is 5. The van der Waals surface area contributed by atoms with Crippen molar-refractivity contribution in [3.05, 3.63) is 29.7 Å². The molecule has 0 spiro atoms. The van der Waals surface area contributed by atoms with Gasteiger partial charge in [0, 0.05) is 39.4 Å². The molecule has 2 aromatic heterocycles. The summed E-state index contributed by atoms with van der Waals surface area (Å²) >= 11 is 0. The molecule has 0 unspecified atom stereocenters. The predicted molar refractivity (Wildman–Crippen MR) is 83.4 cm³/mol. The summed E-state index contributed by atoms with van der Waals surface area (Å²) in [6.45, 7) is 2.68. The number of rotatable bonds is 7. The fourth-order valence-electron chi connectivity index (χ4n) is 2.78. The van der Waals surface area contributed by atoms with Gasteiger partial charge in [-0.1, -0.05) is 5.16 Å². The molecule has 0 aromatic carbocycles. The second-order valence-corrected chi connectivity index (χ2v) is 6.56. The molecule has 2 aromatic rings. The van der Waals surface area contributed by atoms with Crippen molar-refractivity contribution >= 4 is 5.91 Å². The Morgan fingerprint density at radius 3 is 2.96 bits per heavy atom. The molecule has 1 aliphatic heterocycles. The molecule has 2 fully saturated rings. The van der Waals surface area contributed by atoms with Crippen LogP contribution in [0.2, 0.25) is 0 Å². The van der Waals surface area contributed by atoms with Crippen LogP contribution in [0, 0.1) is 5.92 Å². The number of aryl methyl sites for hydroxylation is 1. The zero-order valence-electron chi connectivity index (χ0n) is 13.7. The first kappa shape index (κ1) is 15.3. The molecule has 4 rings (SSSR count). The first-order chi connectivity index (χ1) is 11.7. The molecule has 0 N–H and O–H groups in total. The maximum atomic E-state index is 12.3. The van der Waals surface area contributed by atoms with E-state index in [0.29, 0.717) is 43.5 Å². The third kappa shape index (κ3) is 3.19. The molecule has 1 saturated heterocycles. The first-order valence-corrected chi connectivity index (χ1v) is 8.38. The highest BCUT2D eigenvalue weighted by molar-refractivity contribution is 5.93. The molecule has 3 heterocycles. The van der Waals surface area contributed by atoms with E-state index in [1.807, 2.05) is 0 Å². The van der Waals surface area contributed by atoms with E-state index in [2.05, 4.69) is 15.2 Å². The van der Waals surface area contributed by atoms with Gasteiger partial charge < -0.3 is 14.2 Å². The summed E-state index contributed by atoms with van der Waals surface area (Å²) in [6.07, 6.45) is 4.88. The van der Waals surface area contributed by atoms with E-state index in [1.54, 1.807) is 28.9 Å². The van der Waals surface area contributed by atoms with Crippen LogP contribution in [0.4, 0.5) is 0 Å². The molecule has 8 heteroatoms. The van der Waals surface area contributed by atoms with Gasteiger partial charge in [0.25, 0.3) is 5.91 Å². The Kier molecular flexibility index (Phi) is 4.05. The quantitative estimate of drug-likeness (QED) is 0.704. The van der Waals surface area contributed by atoms with Crippen LogP contribution in [0.25, 0.3) is 0 Å². The minimum Gasteiger partial charge on any atom is -0.381 e. The average molecular weight is 331 g/mol. The van der Waals surface area contributed by atoms with E-state index >= 15 is 0 Å². The summed E-state index contributed by atoms with van der Waals surface area (Å²) in [7, 11) is 1.76. The normalized spacial score (nSPS) is 18.0. The lowest BCUT2D eigenvalue weighted by Crippen LogP contribution is -2.49. The van der Waals surface area contributed by atoms with E-state index in [0.717, 1.165) is 12.5 Å². The lowest BCUT2D eigenvalue weighted by molar-refractivity contribution is 0.0558. The second kappa shape index (κ2) is 6.35. The van der Waals surface area contributed by atoms with Crippen LogP contribution in [0.5, 0.6) is 0 Å². The van der Waals surface area contributed by atoms with Crippen molar-refractivity contribution in [3.63, 3.8) is 0 Å². The smallest absolute Gasteiger partial charge is 0.272 e. The topological polar surface area (TPSA) is 86.3 Å². The molecule has 0 atom stereocenters. The summed E-state index contributed by atoms with van der Waals surface area (Å²) in [5, 5.41) is 8.03. The number of hydrogen-bond acceptors (Lipinski definition) is 6. The van der Waals surface area contributed by atoms with E-state index in [1.165, 1.54) is 12.8 Å². The van der Waals surface area contributed by atoms with Gasteiger partial charge in [-0.15, -0.1) is 0 Å². The Hall–Kier alpha value is -2.22. The van der Waals surface area contributed by atoms with Gasteiger partial charge >= 0.3 is 0 Å². The van der Waals surface area contributed by atoms with Crippen molar-refractivity contribution in [2.45, 2.75) is 25.2 Å². The molecule has 1 amide bonds. The summed E-state index contributed by atoms with van der Waals surface area (Å²) < 4.78 is 12.5. The van der Waals surface area contributed by atoms with Crippen molar-refractivity contribution in [1.29, 1.82) is 0 Å². The fraction of sp³-hybridized carbons (Fsp3) is 0.625. The van der Waals surface area contributed by atoms with Crippen LogP contribution < -0.4 is 0 Å². The van der Waals surface area contributed by atoms with Crippen LogP contribution in [-0.2, 0) is 18.2 Å². The number of aromatic nitrogens is 4. The number of amides is 1. The van der Waals surface area contributed by atoms with E-state index < -0.39 is 0 Å². The Labute approximate surface area is 139 Å². The first-order valence-electron chi connectivity index (χ1n) is 8.38. The number of hydrogen-bond donors (Lipinski definition) is 0. The van der Waals surface area contributed by atoms with Gasteiger partial charge in [-0.25, -0.2) is 0 Å². The Bertz CT molecular complexity index is 715. The van der Waals surface area contributed by atoms with Gasteiger partial charge in [-0.2, -0.15) is 10.1 Å². The van der Waals surface area contributed by atoms with Gasteiger partial charge in [-0.05, 0) is 24.8 Å². The Balaban J connectivity index is 1.24. The zero-order valence-corrected chi connectivity index (χ0v) is 13.7. The maximum absolute atomic E-state index is 12.3.